The minimum absolute atomic E-state index is 0.466. The van der Waals surface area contributed by atoms with Crippen molar-refractivity contribution in [2.75, 3.05) is 0 Å². The van der Waals surface area contributed by atoms with Gasteiger partial charge in [0.25, 0.3) is 0 Å². The second kappa shape index (κ2) is 5.46. The van der Waals surface area contributed by atoms with E-state index in [2.05, 4.69) is 15.5 Å². The van der Waals surface area contributed by atoms with Crippen LogP contribution in [-0.2, 0) is 11.3 Å². The molecule has 0 radical (unpaired) electrons. The van der Waals surface area contributed by atoms with Crippen LogP contribution in [0.5, 0.6) is 0 Å². The second-order valence-corrected chi connectivity index (χ2v) is 4.08. The average molecular weight is 245 g/mol. The molecule has 1 aromatic carbocycles. The van der Waals surface area contributed by atoms with Crippen LogP contribution in [0.15, 0.2) is 36.5 Å². The summed E-state index contributed by atoms with van der Waals surface area (Å²) in [6, 6.07) is 9.24. The summed E-state index contributed by atoms with van der Waals surface area (Å²) >= 11 is 0. The van der Waals surface area contributed by atoms with Gasteiger partial charge in [-0.05, 0) is 12.5 Å². The number of rotatable bonds is 5. The summed E-state index contributed by atoms with van der Waals surface area (Å²) in [5, 5.41) is 18.7. The third kappa shape index (κ3) is 2.75. The molecule has 0 aliphatic carbocycles. The highest BCUT2D eigenvalue weighted by atomic mass is 16.4. The fraction of sp³-hybridized carbons (Fsp3) is 0.231. The summed E-state index contributed by atoms with van der Waals surface area (Å²) in [4.78, 5) is 10.7. The number of carboxylic acid groups (broad SMARTS) is 1. The lowest BCUT2D eigenvalue weighted by atomic mass is 10.1. The Hall–Kier alpha value is -2.14. The molecule has 1 unspecified atom stereocenters. The van der Waals surface area contributed by atoms with Gasteiger partial charge in [0.15, 0.2) is 0 Å². The maximum absolute atomic E-state index is 10.7. The van der Waals surface area contributed by atoms with Gasteiger partial charge in [-0.1, -0.05) is 30.3 Å². The Morgan fingerprint density at radius 2 is 2.17 bits per heavy atom. The van der Waals surface area contributed by atoms with Crippen molar-refractivity contribution in [1.82, 2.24) is 15.5 Å². The van der Waals surface area contributed by atoms with Crippen molar-refractivity contribution in [3.8, 4) is 11.3 Å². The highest BCUT2D eigenvalue weighted by Crippen LogP contribution is 2.20. The Kier molecular flexibility index (Phi) is 3.74. The highest BCUT2D eigenvalue weighted by Gasteiger charge is 2.12. The topological polar surface area (TPSA) is 78.0 Å². The number of aromatic nitrogens is 2. The Morgan fingerprint density at radius 1 is 1.44 bits per heavy atom. The predicted octanol–water partition coefficient (Wildman–Crippen LogP) is 1.64. The summed E-state index contributed by atoms with van der Waals surface area (Å²) in [6.07, 6.45) is 1.71. The van der Waals surface area contributed by atoms with Gasteiger partial charge in [0.2, 0.25) is 0 Å². The van der Waals surface area contributed by atoms with E-state index < -0.39 is 12.0 Å². The summed E-state index contributed by atoms with van der Waals surface area (Å²) in [5.74, 6) is -0.861. The van der Waals surface area contributed by atoms with Crippen molar-refractivity contribution in [1.29, 1.82) is 0 Å². The minimum atomic E-state index is -0.861. The van der Waals surface area contributed by atoms with Gasteiger partial charge in [0, 0.05) is 12.1 Å². The molecular formula is C13H15N3O2. The van der Waals surface area contributed by atoms with E-state index >= 15 is 0 Å². The Morgan fingerprint density at radius 3 is 2.83 bits per heavy atom. The van der Waals surface area contributed by atoms with Gasteiger partial charge >= 0.3 is 5.97 Å². The number of benzene rings is 1. The minimum Gasteiger partial charge on any atom is -0.480 e. The summed E-state index contributed by atoms with van der Waals surface area (Å²) in [7, 11) is 0. The van der Waals surface area contributed by atoms with E-state index in [1.165, 1.54) is 0 Å². The zero-order chi connectivity index (χ0) is 13.0. The van der Waals surface area contributed by atoms with Gasteiger partial charge in [0.1, 0.15) is 6.04 Å². The Labute approximate surface area is 105 Å². The molecule has 0 aliphatic heterocycles. The van der Waals surface area contributed by atoms with E-state index in [0.29, 0.717) is 6.54 Å². The molecule has 94 valence electrons. The lowest BCUT2D eigenvalue weighted by molar-refractivity contribution is -0.139. The number of nitrogens with one attached hydrogen (secondary N) is 2. The normalized spacial score (nSPS) is 12.3. The molecule has 0 fully saturated rings. The third-order valence-corrected chi connectivity index (χ3v) is 2.75. The first kappa shape index (κ1) is 12.3. The fourth-order valence-corrected chi connectivity index (χ4v) is 1.65. The summed E-state index contributed by atoms with van der Waals surface area (Å²) in [6.45, 7) is 2.08. The first-order valence-corrected chi connectivity index (χ1v) is 5.72. The van der Waals surface area contributed by atoms with Crippen LogP contribution in [0.25, 0.3) is 11.3 Å². The zero-order valence-electron chi connectivity index (χ0n) is 10.1. The van der Waals surface area contributed by atoms with Crippen molar-refractivity contribution >= 4 is 5.97 Å². The third-order valence-electron chi connectivity index (χ3n) is 2.75. The SMILES string of the molecule is CC(NCc1cn[nH]c1-c1ccccc1)C(=O)O. The predicted molar refractivity (Wildman–Crippen MR) is 68.0 cm³/mol. The number of nitrogens with zero attached hydrogens (tertiary/aromatic N) is 1. The molecule has 1 aromatic heterocycles. The van der Waals surface area contributed by atoms with Crippen molar-refractivity contribution in [2.45, 2.75) is 19.5 Å². The fourth-order valence-electron chi connectivity index (χ4n) is 1.65. The summed E-state index contributed by atoms with van der Waals surface area (Å²) < 4.78 is 0. The molecule has 3 N–H and O–H groups in total. The average Bonchev–Trinajstić information content (AvgIpc) is 2.85. The van der Waals surface area contributed by atoms with Crippen LogP contribution in [0.1, 0.15) is 12.5 Å². The molecule has 0 spiro atoms. The standard InChI is InChI=1S/C13H15N3O2/c1-9(13(17)18)14-7-11-8-15-16-12(11)10-5-3-2-4-6-10/h2-6,8-9,14H,7H2,1H3,(H,15,16)(H,17,18). The number of H-pyrrole nitrogens is 1. The molecule has 1 atom stereocenters. The maximum atomic E-state index is 10.7. The quantitative estimate of drug-likeness (QED) is 0.748. The van der Waals surface area contributed by atoms with E-state index in [1.807, 2.05) is 30.3 Å². The zero-order valence-corrected chi connectivity index (χ0v) is 10.1. The molecule has 0 amide bonds. The summed E-state index contributed by atoms with van der Waals surface area (Å²) in [5.41, 5.74) is 2.91. The van der Waals surface area contributed by atoms with Gasteiger partial charge in [-0.2, -0.15) is 5.10 Å². The van der Waals surface area contributed by atoms with E-state index in [0.717, 1.165) is 16.8 Å². The molecule has 2 rings (SSSR count). The van der Waals surface area contributed by atoms with E-state index in [4.69, 9.17) is 5.11 Å². The van der Waals surface area contributed by atoms with E-state index in [-0.39, 0.29) is 0 Å². The first-order chi connectivity index (χ1) is 8.68. The van der Waals surface area contributed by atoms with Gasteiger partial charge in [-0.3, -0.25) is 9.89 Å². The second-order valence-electron chi connectivity index (χ2n) is 4.08. The van der Waals surface area contributed by atoms with Crippen molar-refractivity contribution in [2.24, 2.45) is 0 Å². The number of carbonyl (C=O) groups is 1. The van der Waals surface area contributed by atoms with Crippen LogP contribution in [0.3, 0.4) is 0 Å². The van der Waals surface area contributed by atoms with Crippen molar-refractivity contribution in [3.63, 3.8) is 0 Å². The molecule has 0 bridgehead atoms. The smallest absolute Gasteiger partial charge is 0.320 e. The number of hydrogen-bond acceptors (Lipinski definition) is 3. The number of aliphatic carboxylic acids is 1. The lowest BCUT2D eigenvalue weighted by Crippen LogP contribution is -2.33. The Balaban J connectivity index is 2.12. The van der Waals surface area contributed by atoms with E-state index in [9.17, 15) is 4.79 Å². The Bertz CT molecular complexity index is 522. The van der Waals surface area contributed by atoms with Crippen LogP contribution in [-0.4, -0.2) is 27.3 Å². The van der Waals surface area contributed by atoms with Crippen LogP contribution >= 0.6 is 0 Å². The molecule has 1 heterocycles. The van der Waals surface area contributed by atoms with Gasteiger partial charge in [0.05, 0.1) is 11.9 Å². The van der Waals surface area contributed by atoms with Crippen molar-refractivity contribution in [3.05, 3.63) is 42.1 Å². The van der Waals surface area contributed by atoms with Crippen molar-refractivity contribution < 1.29 is 9.90 Å². The molecule has 0 saturated heterocycles. The van der Waals surface area contributed by atoms with Gasteiger partial charge in [-0.15, -0.1) is 0 Å². The van der Waals surface area contributed by atoms with Crippen LogP contribution < -0.4 is 5.32 Å². The number of aromatic amines is 1. The van der Waals surface area contributed by atoms with E-state index in [1.54, 1.807) is 13.1 Å². The molecule has 2 aromatic rings. The van der Waals surface area contributed by atoms with Gasteiger partial charge in [-0.25, -0.2) is 0 Å². The molecule has 0 saturated carbocycles. The monoisotopic (exact) mass is 245 g/mol. The molecule has 5 nitrogen and oxygen atoms in total. The molecule has 0 aliphatic rings. The first-order valence-electron chi connectivity index (χ1n) is 5.72. The van der Waals surface area contributed by atoms with Crippen LogP contribution in [0.2, 0.25) is 0 Å². The van der Waals surface area contributed by atoms with Gasteiger partial charge < -0.3 is 10.4 Å². The molecular weight excluding hydrogens is 230 g/mol. The lowest BCUT2D eigenvalue weighted by Gasteiger charge is -2.09. The van der Waals surface area contributed by atoms with Crippen LogP contribution in [0.4, 0.5) is 0 Å². The maximum Gasteiger partial charge on any atom is 0.320 e. The van der Waals surface area contributed by atoms with Crippen LogP contribution in [0, 0.1) is 0 Å². The number of carboxylic acids is 1. The molecule has 18 heavy (non-hydrogen) atoms. The molecule has 5 heteroatoms. The highest BCUT2D eigenvalue weighted by molar-refractivity contribution is 5.72. The largest absolute Gasteiger partial charge is 0.480 e. The number of hydrogen-bond donors (Lipinski definition) is 3.